The highest BCUT2D eigenvalue weighted by molar-refractivity contribution is 7.98. The van der Waals surface area contributed by atoms with Gasteiger partial charge in [-0.1, -0.05) is 18.2 Å². The molecule has 0 bridgehead atoms. The van der Waals surface area contributed by atoms with Crippen LogP contribution in [0.15, 0.2) is 35.2 Å². The molecule has 1 aromatic rings. The third-order valence-corrected chi connectivity index (χ3v) is 6.38. The molecule has 0 aliphatic carbocycles. The maximum absolute atomic E-state index is 12.8. The first-order chi connectivity index (χ1) is 12.0. The zero-order valence-corrected chi connectivity index (χ0v) is 15.9. The molecule has 1 unspecified atom stereocenters. The van der Waals surface area contributed by atoms with Gasteiger partial charge in [0.05, 0.1) is 11.0 Å². The van der Waals surface area contributed by atoms with Crippen molar-refractivity contribution in [3.05, 3.63) is 30.3 Å². The van der Waals surface area contributed by atoms with Gasteiger partial charge in [-0.25, -0.2) is 8.42 Å². The number of hydrogen-bond donors (Lipinski definition) is 1. The van der Waals surface area contributed by atoms with Crippen LogP contribution in [0.3, 0.4) is 0 Å². The number of nitrogens with one attached hydrogen (secondary N) is 1. The van der Waals surface area contributed by atoms with Gasteiger partial charge in [-0.3, -0.25) is 4.79 Å². The first-order valence-corrected chi connectivity index (χ1v) is 11.1. The highest BCUT2D eigenvalue weighted by Crippen LogP contribution is 2.18. The smallest absolute Gasteiger partial charge is 0.241 e. The molecule has 1 amide bonds. The summed E-state index contributed by atoms with van der Waals surface area (Å²) >= 11 is 1.57. The summed E-state index contributed by atoms with van der Waals surface area (Å²) in [5.74, 6) is 0.460. The Kier molecular flexibility index (Phi) is 7.29. The lowest BCUT2D eigenvalue weighted by molar-refractivity contribution is -0.134. The van der Waals surface area contributed by atoms with Crippen molar-refractivity contribution in [2.24, 2.45) is 5.92 Å². The Labute approximate surface area is 153 Å². The molecule has 1 aliphatic rings. The molecule has 1 aliphatic heterocycles. The van der Waals surface area contributed by atoms with Gasteiger partial charge < -0.3 is 4.90 Å². The Morgan fingerprint density at radius 3 is 2.56 bits per heavy atom. The number of carbonyl (C=O) groups is 1. The zero-order chi connectivity index (χ0) is 18.3. The second kappa shape index (κ2) is 9.22. The van der Waals surface area contributed by atoms with E-state index in [0.29, 0.717) is 38.1 Å². The highest BCUT2D eigenvalue weighted by Gasteiger charge is 2.31. The maximum atomic E-state index is 12.8. The summed E-state index contributed by atoms with van der Waals surface area (Å²) in [7, 11) is -3.75. The van der Waals surface area contributed by atoms with Gasteiger partial charge in [-0.05, 0) is 43.4 Å². The first kappa shape index (κ1) is 19.8. The number of amides is 1. The second-order valence-corrected chi connectivity index (χ2v) is 8.70. The molecule has 0 radical (unpaired) electrons. The van der Waals surface area contributed by atoms with E-state index >= 15 is 0 Å². The standard InChI is InChI=1S/C17H23N3O3S2/c1-24-12-9-16(17(21)20-10-7-14(13-18)8-11-20)19-25(22,23)15-5-3-2-4-6-15/h2-6,14,16,19H,7-12H2,1H3. The van der Waals surface area contributed by atoms with Crippen LogP contribution in [0.4, 0.5) is 0 Å². The highest BCUT2D eigenvalue weighted by atomic mass is 32.2. The van der Waals surface area contributed by atoms with Crippen LogP contribution in [0.5, 0.6) is 0 Å². The molecule has 2 rings (SSSR count). The van der Waals surface area contributed by atoms with Crippen LogP contribution >= 0.6 is 11.8 Å². The Morgan fingerprint density at radius 2 is 2.00 bits per heavy atom. The van der Waals surface area contributed by atoms with Gasteiger partial charge in [0.25, 0.3) is 0 Å². The minimum Gasteiger partial charge on any atom is -0.341 e. The molecular weight excluding hydrogens is 358 g/mol. The van der Waals surface area contributed by atoms with E-state index in [1.54, 1.807) is 34.9 Å². The fraction of sp³-hybridized carbons (Fsp3) is 0.529. The Hall–Kier alpha value is -1.56. The van der Waals surface area contributed by atoms with Crippen LogP contribution in [-0.2, 0) is 14.8 Å². The monoisotopic (exact) mass is 381 g/mol. The molecule has 25 heavy (non-hydrogen) atoms. The SMILES string of the molecule is CSCCC(NS(=O)(=O)c1ccccc1)C(=O)N1CCC(C#N)CC1. The number of nitriles is 1. The summed E-state index contributed by atoms with van der Waals surface area (Å²) < 4.78 is 27.7. The lowest BCUT2D eigenvalue weighted by atomic mass is 9.98. The van der Waals surface area contributed by atoms with Crippen molar-refractivity contribution in [1.29, 1.82) is 5.26 Å². The number of nitrogens with zero attached hydrogens (tertiary/aromatic N) is 2. The predicted octanol–water partition coefficient (Wildman–Crippen LogP) is 1.85. The molecule has 0 spiro atoms. The predicted molar refractivity (Wildman–Crippen MR) is 98.5 cm³/mol. The van der Waals surface area contributed by atoms with Gasteiger partial charge in [-0.2, -0.15) is 21.7 Å². The van der Waals surface area contributed by atoms with Crippen molar-refractivity contribution in [3.8, 4) is 6.07 Å². The van der Waals surface area contributed by atoms with Crippen molar-refractivity contribution in [2.75, 3.05) is 25.1 Å². The largest absolute Gasteiger partial charge is 0.341 e. The van der Waals surface area contributed by atoms with Gasteiger partial charge in [0.2, 0.25) is 15.9 Å². The van der Waals surface area contributed by atoms with Crippen molar-refractivity contribution < 1.29 is 13.2 Å². The number of hydrogen-bond acceptors (Lipinski definition) is 5. The molecule has 1 fully saturated rings. The molecule has 0 aromatic heterocycles. The number of carbonyl (C=O) groups excluding carboxylic acids is 1. The van der Waals surface area contributed by atoms with E-state index in [1.807, 2.05) is 6.26 Å². The molecule has 136 valence electrons. The number of benzene rings is 1. The molecule has 1 heterocycles. The summed E-state index contributed by atoms with van der Waals surface area (Å²) in [5, 5.41) is 8.97. The number of sulfonamides is 1. The Morgan fingerprint density at radius 1 is 1.36 bits per heavy atom. The minimum atomic E-state index is -3.75. The fourth-order valence-electron chi connectivity index (χ4n) is 2.77. The van der Waals surface area contributed by atoms with E-state index in [2.05, 4.69) is 10.8 Å². The normalized spacial score (nSPS) is 17.0. The van der Waals surface area contributed by atoms with E-state index in [-0.39, 0.29) is 16.7 Å². The van der Waals surface area contributed by atoms with Gasteiger partial charge in [-0.15, -0.1) is 0 Å². The van der Waals surface area contributed by atoms with Crippen LogP contribution in [0.1, 0.15) is 19.3 Å². The first-order valence-electron chi connectivity index (χ1n) is 8.22. The third-order valence-electron chi connectivity index (χ3n) is 4.25. The molecule has 1 aromatic carbocycles. The molecular formula is C17H23N3O3S2. The topological polar surface area (TPSA) is 90.3 Å². The average molecular weight is 382 g/mol. The van der Waals surface area contributed by atoms with Crippen LogP contribution in [-0.4, -0.2) is 50.4 Å². The van der Waals surface area contributed by atoms with Crippen molar-refractivity contribution in [3.63, 3.8) is 0 Å². The number of piperidine rings is 1. The van der Waals surface area contributed by atoms with Gasteiger partial charge in [0, 0.05) is 19.0 Å². The molecule has 0 saturated carbocycles. The molecule has 8 heteroatoms. The van der Waals surface area contributed by atoms with Gasteiger partial charge >= 0.3 is 0 Å². The third kappa shape index (κ3) is 5.46. The maximum Gasteiger partial charge on any atom is 0.241 e. The van der Waals surface area contributed by atoms with Crippen LogP contribution in [0, 0.1) is 17.2 Å². The quantitative estimate of drug-likeness (QED) is 0.778. The lowest BCUT2D eigenvalue weighted by Gasteiger charge is -2.32. The van der Waals surface area contributed by atoms with E-state index in [0.717, 1.165) is 0 Å². The van der Waals surface area contributed by atoms with E-state index in [1.165, 1.54) is 12.1 Å². The molecule has 1 N–H and O–H groups in total. The Balaban J connectivity index is 2.10. The van der Waals surface area contributed by atoms with Crippen molar-refractivity contribution >= 4 is 27.7 Å². The fourth-order valence-corrected chi connectivity index (χ4v) is 4.49. The second-order valence-electron chi connectivity index (χ2n) is 6.00. The lowest BCUT2D eigenvalue weighted by Crippen LogP contribution is -2.50. The number of thioether (sulfide) groups is 1. The number of rotatable bonds is 7. The summed E-state index contributed by atoms with van der Waals surface area (Å²) in [5.41, 5.74) is 0. The molecule has 6 nitrogen and oxygen atoms in total. The summed E-state index contributed by atoms with van der Waals surface area (Å²) in [6, 6.07) is 9.52. The average Bonchev–Trinajstić information content (AvgIpc) is 2.65. The number of likely N-dealkylation sites (tertiary alicyclic amines) is 1. The van der Waals surface area contributed by atoms with E-state index in [9.17, 15) is 13.2 Å². The summed E-state index contributed by atoms with van der Waals surface area (Å²) in [6.45, 7) is 1.000. The summed E-state index contributed by atoms with van der Waals surface area (Å²) in [6.07, 6.45) is 3.64. The zero-order valence-electron chi connectivity index (χ0n) is 14.2. The molecule has 1 saturated heterocycles. The van der Waals surface area contributed by atoms with E-state index in [4.69, 9.17) is 5.26 Å². The summed E-state index contributed by atoms with van der Waals surface area (Å²) in [4.78, 5) is 14.6. The van der Waals surface area contributed by atoms with Crippen molar-refractivity contribution in [1.82, 2.24) is 9.62 Å². The van der Waals surface area contributed by atoms with Gasteiger partial charge in [0.1, 0.15) is 6.04 Å². The molecule has 1 atom stereocenters. The minimum absolute atomic E-state index is 0.0188. The van der Waals surface area contributed by atoms with Crippen molar-refractivity contribution in [2.45, 2.75) is 30.2 Å². The van der Waals surface area contributed by atoms with Gasteiger partial charge in [0.15, 0.2) is 0 Å². The van der Waals surface area contributed by atoms with E-state index < -0.39 is 16.1 Å². The van der Waals surface area contributed by atoms with Crippen LogP contribution in [0.2, 0.25) is 0 Å². The van der Waals surface area contributed by atoms with Crippen LogP contribution < -0.4 is 4.72 Å². The Bertz CT molecular complexity index is 708. The van der Waals surface area contributed by atoms with Crippen LogP contribution in [0.25, 0.3) is 0 Å².